The van der Waals surface area contributed by atoms with Crippen LogP contribution in [0.2, 0.25) is 10.0 Å². The lowest BCUT2D eigenvalue weighted by Gasteiger charge is -2.41. The Morgan fingerprint density at radius 3 is 2.48 bits per heavy atom. The average Bonchev–Trinajstić information content (AvgIpc) is 2.41. The van der Waals surface area contributed by atoms with Gasteiger partial charge in [0, 0.05) is 10.0 Å². The summed E-state index contributed by atoms with van der Waals surface area (Å²) in [5, 5.41) is 5.15. The van der Waals surface area contributed by atoms with Gasteiger partial charge in [-0.05, 0) is 73.7 Å². The molecule has 1 fully saturated rings. The number of benzene rings is 1. The number of hydrogen-bond donors (Lipinski definition) is 1. The summed E-state index contributed by atoms with van der Waals surface area (Å²) in [6.07, 6.45) is 4.87. The van der Waals surface area contributed by atoms with Crippen molar-refractivity contribution in [3.63, 3.8) is 0 Å². The fourth-order valence-electron chi connectivity index (χ4n) is 3.62. The van der Waals surface area contributed by atoms with Crippen LogP contribution in [0.4, 0.5) is 0 Å². The molecule has 0 heterocycles. The van der Waals surface area contributed by atoms with E-state index in [1.807, 2.05) is 18.2 Å². The van der Waals surface area contributed by atoms with Crippen LogP contribution in [-0.4, -0.2) is 13.1 Å². The lowest BCUT2D eigenvalue weighted by atomic mass is 9.65. The molecule has 2 unspecified atom stereocenters. The highest BCUT2D eigenvalue weighted by Gasteiger charge is 2.35. The van der Waals surface area contributed by atoms with E-state index >= 15 is 0 Å². The minimum atomic E-state index is 0.432. The zero-order valence-electron chi connectivity index (χ0n) is 13.4. The van der Waals surface area contributed by atoms with E-state index in [-0.39, 0.29) is 0 Å². The summed E-state index contributed by atoms with van der Waals surface area (Å²) in [5.41, 5.74) is 1.56. The lowest BCUT2D eigenvalue weighted by molar-refractivity contribution is 0.116. The molecule has 0 saturated heterocycles. The standard InChI is InChI=1S/C18H27Cl2N/c1-4-21-12-13-8-9-18(2,3)11-14(13)10-15-16(19)6-5-7-17(15)20/h5-7,13-14,21H,4,8-12H2,1-3H3. The van der Waals surface area contributed by atoms with Crippen LogP contribution in [0.15, 0.2) is 18.2 Å². The molecule has 3 heteroatoms. The molecular weight excluding hydrogens is 301 g/mol. The predicted octanol–water partition coefficient (Wildman–Crippen LogP) is 5.59. The molecule has 1 N–H and O–H groups in total. The molecule has 0 spiro atoms. The summed E-state index contributed by atoms with van der Waals surface area (Å²) in [4.78, 5) is 0. The van der Waals surface area contributed by atoms with E-state index in [2.05, 4.69) is 26.1 Å². The van der Waals surface area contributed by atoms with Gasteiger partial charge in [0.1, 0.15) is 0 Å². The van der Waals surface area contributed by atoms with Gasteiger partial charge in [-0.1, -0.05) is 50.0 Å². The zero-order valence-corrected chi connectivity index (χ0v) is 14.9. The molecule has 0 amide bonds. The lowest BCUT2D eigenvalue weighted by Crippen LogP contribution is -2.37. The smallest absolute Gasteiger partial charge is 0.0452 e. The highest BCUT2D eigenvalue weighted by Crippen LogP contribution is 2.44. The quantitative estimate of drug-likeness (QED) is 0.743. The van der Waals surface area contributed by atoms with Gasteiger partial charge in [0.2, 0.25) is 0 Å². The van der Waals surface area contributed by atoms with Gasteiger partial charge in [0.05, 0.1) is 0 Å². The van der Waals surface area contributed by atoms with Crippen molar-refractivity contribution < 1.29 is 0 Å². The molecule has 1 saturated carbocycles. The first-order chi connectivity index (χ1) is 9.93. The molecule has 0 aliphatic heterocycles. The number of nitrogens with one attached hydrogen (secondary N) is 1. The first kappa shape index (κ1) is 17.1. The molecule has 2 rings (SSSR count). The maximum Gasteiger partial charge on any atom is 0.0452 e. The molecule has 0 radical (unpaired) electrons. The fourth-order valence-corrected chi connectivity index (χ4v) is 4.17. The van der Waals surface area contributed by atoms with Gasteiger partial charge in [-0.2, -0.15) is 0 Å². The minimum absolute atomic E-state index is 0.432. The van der Waals surface area contributed by atoms with Crippen molar-refractivity contribution in [2.45, 2.75) is 46.5 Å². The fraction of sp³-hybridized carbons (Fsp3) is 0.667. The summed E-state index contributed by atoms with van der Waals surface area (Å²) < 4.78 is 0. The maximum absolute atomic E-state index is 6.37. The van der Waals surface area contributed by atoms with Crippen LogP contribution in [-0.2, 0) is 6.42 Å². The van der Waals surface area contributed by atoms with Crippen LogP contribution in [0, 0.1) is 17.3 Å². The van der Waals surface area contributed by atoms with E-state index in [4.69, 9.17) is 23.2 Å². The second-order valence-electron chi connectivity index (χ2n) is 7.14. The largest absolute Gasteiger partial charge is 0.317 e. The van der Waals surface area contributed by atoms with E-state index < -0.39 is 0 Å². The molecule has 1 nitrogen and oxygen atoms in total. The third-order valence-electron chi connectivity index (χ3n) is 4.86. The summed E-state index contributed by atoms with van der Waals surface area (Å²) in [7, 11) is 0. The van der Waals surface area contributed by atoms with E-state index in [9.17, 15) is 0 Å². The Labute approximate surface area is 139 Å². The Morgan fingerprint density at radius 1 is 1.19 bits per heavy atom. The van der Waals surface area contributed by atoms with Crippen LogP contribution in [0.25, 0.3) is 0 Å². The van der Waals surface area contributed by atoms with E-state index in [1.165, 1.54) is 19.3 Å². The van der Waals surface area contributed by atoms with Gasteiger partial charge < -0.3 is 5.32 Å². The van der Waals surface area contributed by atoms with Gasteiger partial charge in [-0.15, -0.1) is 0 Å². The number of halogens is 2. The van der Waals surface area contributed by atoms with Crippen molar-refractivity contribution in [3.05, 3.63) is 33.8 Å². The topological polar surface area (TPSA) is 12.0 Å². The summed E-state index contributed by atoms with van der Waals surface area (Å²) in [6.45, 7) is 9.10. The van der Waals surface area contributed by atoms with Crippen molar-refractivity contribution in [3.8, 4) is 0 Å². The highest BCUT2D eigenvalue weighted by molar-refractivity contribution is 6.35. The Balaban J connectivity index is 2.15. The van der Waals surface area contributed by atoms with Crippen LogP contribution >= 0.6 is 23.2 Å². The molecule has 118 valence electrons. The monoisotopic (exact) mass is 327 g/mol. The van der Waals surface area contributed by atoms with Crippen molar-refractivity contribution in [1.29, 1.82) is 0 Å². The Hall–Kier alpha value is -0.240. The van der Waals surface area contributed by atoms with Gasteiger partial charge in [-0.3, -0.25) is 0 Å². The number of rotatable bonds is 5. The number of hydrogen-bond acceptors (Lipinski definition) is 1. The zero-order chi connectivity index (χ0) is 15.5. The van der Waals surface area contributed by atoms with Crippen LogP contribution in [0.5, 0.6) is 0 Å². The summed E-state index contributed by atoms with van der Waals surface area (Å²) >= 11 is 12.7. The van der Waals surface area contributed by atoms with Gasteiger partial charge in [0.15, 0.2) is 0 Å². The first-order valence-corrected chi connectivity index (χ1v) is 8.82. The van der Waals surface area contributed by atoms with Crippen molar-refractivity contribution in [2.75, 3.05) is 13.1 Å². The molecule has 2 atom stereocenters. The van der Waals surface area contributed by atoms with Gasteiger partial charge >= 0.3 is 0 Å². The highest BCUT2D eigenvalue weighted by atomic mass is 35.5. The van der Waals surface area contributed by atoms with Crippen molar-refractivity contribution in [1.82, 2.24) is 5.32 Å². The molecule has 0 aromatic heterocycles. The third-order valence-corrected chi connectivity index (χ3v) is 5.57. The van der Waals surface area contributed by atoms with E-state index in [0.717, 1.165) is 41.0 Å². The van der Waals surface area contributed by atoms with E-state index in [1.54, 1.807) is 0 Å². The molecular formula is C18H27Cl2N. The summed E-state index contributed by atoms with van der Waals surface area (Å²) in [6, 6.07) is 5.83. The Morgan fingerprint density at radius 2 is 1.86 bits per heavy atom. The van der Waals surface area contributed by atoms with Crippen LogP contribution in [0.3, 0.4) is 0 Å². The average molecular weight is 328 g/mol. The molecule has 1 aliphatic rings. The molecule has 1 aromatic carbocycles. The second-order valence-corrected chi connectivity index (χ2v) is 7.95. The van der Waals surface area contributed by atoms with Crippen molar-refractivity contribution in [2.24, 2.45) is 17.3 Å². The normalized spacial score (nSPS) is 25.0. The molecule has 21 heavy (non-hydrogen) atoms. The van der Waals surface area contributed by atoms with Gasteiger partial charge in [-0.25, -0.2) is 0 Å². The molecule has 0 bridgehead atoms. The molecule has 1 aliphatic carbocycles. The molecule has 1 aromatic rings. The Bertz CT molecular complexity index is 450. The summed E-state index contributed by atoms with van der Waals surface area (Å²) in [5.74, 6) is 1.38. The van der Waals surface area contributed by atoms with Gasteiger partial charge in [0.25, 0.3) is 0 Å². The minimum Gasteiger partial charge on any atom is -0.317 e. The Kier molecular flexibility index (Phi) is 5.99. The predicted molar refractivity (Wildman–Crippen MR) is 93.3 cm³/mol. The van der Waals surface area contributed by atoms with E-state index in [0.29, 0.717) is 11.3 Å². The van der Waals surface area contributed by atoms with Crippen LogP contribution < -0.4 is 5.32 Å². The van der Waals surface area contributed by atoms with Crippen LogP contribution in [0.1, 0.15) is 45.6 Å². The third kappa shape index (κ3) is 4.61. The first-order valence-electron chi connectivity index (χ1n) is 8.06. The second kappa shape index (κ2) is 7.35. The maximum atomic E-state index is 6.37. The van der Waals surface area contributed by atoms with Crippen molar-refractivity contribution >= 4 is 23.2 Å². The SMILES string of the molecule is CCNCC1CCC(C)(C)CC1Cc1c(Cl)cccc1Cl.